The third-order valence-electron chi connectivity index (χ3n) is 4.05. The van der Waals surface area contributed by atoms with Crippen LogP contribution >= 0.6 is 0 Å². The van der Waals surface area contributed by atoms with Gasteiger partial charge in [0.2, 0.25) is 0 Å². The van der Waals surface area contributed by atoms with Gasteiger partial charge in [0.1, 0.15) is 0 Å². The summed E-state index contributed by atoms with van der Waals surface area (Å²) in [4.78, 5) is 2.61. The van der Waals surface area contributed by atoms with E-state index in [0.717, 1.165) is 25.6 Å². The van der Waals surface area contributed by atoms with Gasteiger partial charge in [-0.15, -0.1) is 0 Å². The number of nitrogens with zero attached hydrogens (tertiary/aromatic N) is 1. The summed E-state index contributed by atoms with van der Waals surface area (Å²) in [7, 11) is 0. The summed E-state index contributed by atoms with van der Waals surface area (Å²) >= 11 is 0. The van der Waals surface area contributed by atoms with E-state index in [2.05, 4.69) is 24.1 Å². The summed E-state index contributed by atoms with van der Waals surface area (Å²) in [6.45, 7) is 10.2. The molecule has 1 heterocycles. The second kappa shape index (κ2) is 6.72. The van der Waals surface area contributed by atoms with E-state index < -0.39 is 0 Å². The summed E-state index contributed by atoms with van der Waals surface area (Å²) in [6, 6.07) is 0.655. The maximum atomic E-state index is 5.62. The van der Waals surface area contributed by atoms with Crippen molar-refractivity contribution < 1.29 is 4.74 Å². The van der Waals surface area contributed by atoms with E-state index in [4.69, 9.17) is 4.74 Å². The third-order valence-corrected chi connectivity index (χ3v) is 4.05. The van der Waals surface area contributed by atoms with Crippen LogP contribution in [0.2, 0.25) is 0 Å². The number of rotatable bonds is 8. The number of nitrogens with one attached hydrogen (secondary N) is 1. The number of hydrogen-bond donors (Lipinski definition) is 1. The lowest BCUT2D eigenvalue weighted by atomic mass is 10.2. The minimum Gasteiger partial charge on any atom is -0.377 e. The highest BCUT2D eigenvalue weighted by atomic mass is 16.5. The molecule has 0 aromatic rings. The van der Waals surface area contributed by atoms with Crippen LogP contribution in [-0.2, 0) is 4.74 Å². The molecule has 1 saturated heterocycles. The van der Waals surface area contributed by atoms with Crippen LogP contribution in [0, 0.1) is 5.92 Å². The summed E-state index contributed by atoms with van der Waals surface area (Å²) in [6.07, 6.45) is 5.85. The highest BCUT2D eigenvalue weighted by Crippen LogP contribution is 2.30. The van der Waals surface area contributed by atoms with E-state index in [1.54, 1.807) is 0 Å². The zero-order valence-corrected chi connectivity index (χ0v) is 11.5. The van der Waals surface area contributed by atoms with Crippen LogP contribution in [0.5, 0.6) is 0 Å². The van der Waals surface area contributed by atoms with Gasteiger partial charge >= 0.3 is 0 Å². The smallest absolute Gasteiger partial charge is 0.0700 e. The predicted molar refractivity (Wildman–Crippen MR) is 71.3 cm³/mol. The molecule has 3 heteroatoms. The number of hydrogen-bond acceptors (Lipinski definition) is 3. The predicted octanol–water partition coefficient (Wildman–Crippen LogP) is 1.88. The fourth-order valence-corrected chi connectivity index (χ4v) is 2.64. The van der Waals surface area contributed by atoms with E-state index in [9.17, 15) is 0 Å². The maximum Gasteiger partial charge on any atom is 0.0700 e. The number of ether oxygens (including phenoxy) is 1. The topological polar surface area (TPSA) is 24.5 Å². The Hall–Kier alpha value is -0.120. The van der Waals surface area contributed by atoms with Gasteiger partial charge in [0.15, 0.2) is 0 Å². The van der Waals surface area contributed by atoms with Crippen LogP contribution in [-0.4, -0.2) is 49.8 Å². The summed E-state index contributed by atoms with van der Waals surface area (Å²) in [5, 5.41) is 3.57. The van der Waals surface area contributed by atoms with Gasteiger partial charge in [-0.25, -0.2) is 0 Å². The average molecular weight is 240 g/mol. The lowest BCUT2D eigenvalue weighted by molar-refractivity contribution is 0.107. The molecule has 1 N–H and O–H groups in total. The van der Waals surface area contributed by atoms with Crippen molar-refractivity contribution >= 4 is 0 Å². The Kier molecular flexibility index (Phi) is 5.26. The Bertz CT molecular complexity index is 212. The van der Waals surface area contributed by atoms with Crippen LogP contribution in [0.15, 0.2) is 0 Å². The molecule has 100 valence electrons. The highest BCUT2D eigenvalue weighted by molar-refractivity contribution is 4.80. The van der Waals surface area contributed by atoms with Crippen LogP contribution in [0.3, 0.4) is 0 Å². The van der Waals surface area contributed by atoms with Gasteiger partial charge in [0.25, 0.3) is 0 Å². The van der Waals surface area contributed by atoms with Gasteiger partial charge in [-0.1, -0.05) is 6.92 Å². The molecule has 2 aliphatic rings. The largest absolute Gasteiger partial charge is 0.377 e. The Balaban J connectivity index is 1.58. The van der Waals surface area contributed by atoms with Crippen LogP contribution in [0.25, 0.3) is 0 Å². The van der Waals surface area contributed by atoms with Crippen molar-refractivity contribution in [2.45, 2.75) is 51.7 Å². The molecule has 0 spiro atoms. The van der Waals surface area contributed by atoms with E-state index in [-0.39, 0.29) is 0 Å². The van der Waals surface area contributed by atoms with Crippen molar-refractivity contribution in [2.75, 3.05) is 32.8 Å². The lowest BCUT2D eigenvalue weighted by Gasteiger charge is -2.28. The SMILES string of the molecule is CCN(CC1CC1)C(C)CNCC1CCCO1. The van der Waals surface area contributed by atoms with Gasteiger partial charge in [0, 0.05) is 32.3 Å². The molecule has 2 atom stereocenters. The van der Waals surface area contributed by atoms with Crippen LogP contribution in [0.4, 0.5) is 0 Å². The molecule has 0 radical (unpaired) electrons. The van der Waals surface area contributed by atoms with Gasteiger partial charge in [-0.2, -0.15) is 0 Å². The number of likely N-dealkylation sites (N-methyl/N-ethyl adjacent to an activating group) is 1. The quantitative estimate of drug-likeness (QED) is 0.701. The highest BCUT2D eigenvalue weighted by Gasteiger charge is 2.25. The maximum absolute atomic E-state index is 5.62. The molecule has 1 aliphatic heterocycles. The van der Waals surface area contributed by atoms with Gasteiger partial charge in [-0.05, 0) is 45.1 Å². The Labute approximate surface area is 106 Å². The van der Waals surface area contributed by atoms with Crippen LogP contribution in [0.1, 0.15) is 39.5 Å². The van der Waals surface area contributed by atoms with E-state index in [1.807, 2.05) is 0 Å². The van der Waals surface area contributed by atoms with Crippen molar-refractivity contribution in [1.29, 1.82) is 0 Å². The summed E-state index contributed by atoms with van der Waals surface area (Å²) < 4.78 is 5.62. The molecular weight excluding hydrogens is 212 g/mol. The second-order valence-corrected chi connectivity index (χ2v) is 5.67. The molecule has 0 aromatic carbocycles. The first-order valence-corrected chi connectivity index (χ1v) is 7.36. The molecule has 3 nitrogen and oxygen atoms in total. The molecular formula is C14H28N2O. The zero-order chi connectivity index (χ0) is 12.1. The zero-order valence-electron chi connectivity index (χ0n) is 11.5. The third kappa shape index (κ3) is 4.57. The normalized spacial score (nSPS) is 26.6. The lowest BCUT2D eigenvalue weighted by Crippen LogP contribution is -2.43. The molecule has 17 heavy (non-hydrogen) atoms. The minimum atomic E-state index is 0.473. The fraction of sp³-hybridized carbons (Fsp3) is 1.00. The van der Waals surface area contributed by atoms with E-state index in [0.29, 0.717) is 12.1 Å². The van der Waals surface area contributed by atoms with Crippen molar-refractivity contribution in [3.63, 3.8) is 0 Å². The van der Waals surface area contributed by atoms with E-state index >= 15 is 0 Å². The first-order chi connectivity index (χ1) is 8.29. The fourth-order valence-electron chi connectivity index (χ4n) is 2.64. The standard InChI is InChI=1S/C14H28N2O/c1-3-16(11-13-6-7-13)12(2)9-15-10-14-5-4-8-17-14/h12-15H,3-11H2,1-2H3. The second-order valence-electron chi connectivity index (χ2n) is 5.67. The molecule has 0 aromatic heterocycles. The molecule has 2 rings (SSSR count). The molecule has 1 aliphatic carbocycles. The van der Waals surface area contributed by atoms with Gasteiger partial charge < -0.3 is 10.1 Å². The molecule has 0 bridgehead atoms. The van der Waals surface area contributed by atoms with Gasteiger partial charge in [0.05, 0.1) is 6.10 Å². The summed E-state index contributed by atoms with van der Waals surface area (Å²) in [5.41, 5.74) is 0. The van der Waals surface area contributed by atoms with Crippen molar-refractivity contribution in [3.05, 3.63) is 0 Å². The first-order valence-electron chi connectivity index (χ1n) is 7.36. The van der Waals surface area contributed by atoms with Crippen molar-refractivity contribution in [1.82, 2.24) is 10.2 Å². The monoisotopic (exact) mass is 240 g/mol. The molecule has 2 unspecified atom stereocenters. The van der Waals surface area contributed by atoms with Crippen molar-refractivity contribution in [2.24, 2.45) is 5.92 Å². The van der Waals surface area contributed by atoms with Crippen LogP contribution < -0.4 is 5.32 Å². The summed E-state index contributed by atoms with van der Waals surface area (Å²) in [5.74, 6) is 0.996. The average Bonchev–Trinajstić information content (AvgIpc) is 3.01. The van der Waals surface area contributed by atoms with Crippen molar-refractivity contribution in [3.8, 4) is 0 Å². The molecule has 1 saturated carbocycles. The Morgan fingerprint density at radius 1 is 1.35 bits per heavy atom. The minimum absolute atomic E-state index is 0.473. The van der Waals surface area contributed by atoms with Gasteiger partial charge in [-0.3, -0.25) is 4.90 Å². The Morgan fingerprint density at radius 2 is 2.18 bits per heavy atom. The molecule has 0 amide bonds. The Morgan fingerprint density at radius 3 is 2.76 bits per heavy atom. The van der Waals surface area contributed by atoms with E-state index in [1.165, 1.54) is 38.8 Å². The first kappa shape index (κ1) is 13.3. The molecule has 2 fully saturated rings.